The third-order valence-electron chi connectivity index (χ3n) is 3.57. The average Bonchev–Trinajstić information content (AvgIpc) is 2.51. The van der Waals surface area contributed by atoms with Gasteiger partial charge in [-0.1, -0.05) is 58.4 Å². The van der Waals surface area contributed by atoms with Gasteiger partial charge in [-0.3, -0.25) is 5.84 Å². The van der Waals surface area contributed by atoms with E-state index in [1.807, 2.05) is 6.07 Å². The lowest BCUT2D eigenvalue weighted by Gasteiger charge is -2.20. The van der Waals surface area contributed by atoms with Crippen molar-refractivity contribution in [3.05, 3.63) is 79.8 Å². The van der Waals surface area contributed by atoms with Crippen molar-refractivity contribution in [1.82, 2.24) is 5.43 Å². The molecule has 106 valence electrons. The molecule has 3 rings (SSSR count). The number of nitrogens with two attached hydrogens (primary N) is 1. The number of fused-ring (bicyclic) bond motifs is 1. The summed E-state index contributed by atoms with van der Waals surface area (Å²) in [4.78, 5) is 0. The van der Waals surface area contributed by atoms with Crippen molar-refractivity contribution < 1.29 is 0 Å². The van der Waals surface area contributed by atoms with Crippen molar-refractivity contribution in [2.75, 3.05) is 0 Å². The fourth-order valence-corrected chi connectivity index (χ4v) is 3.61. The first-order chi connectivity index (χ1) is 10.2. The highest BCUT2D eigenvalue weighted by Gasteiger charge is 2.17. The van der Waals surface area contributed by atoms with Gasteiger partial charge >= 0.3 is 0 Å². The Balaban J connectivity index is 2.21. The second-order valence-electron chi connectivity index (χ2n) is 4.83. The smallest absolute Gasteiger partial charge is 0.0726 e. The number of benzene rings is 3. The normalized spacial score (nSPS) is 12.5. The predicted molar refractivity (Wildman–Crippen MR) is 100.0 cm³/mol. The fourth-order valence-electron chi connectivity index (χ4n) is 2.59. The molecule has 1 atom stereocenters. The van der Waals surface area contributed by atoms with Crippen LogP contribution in [-0.4, -0.2) is 0 Å². The minimum atomic E-state index is -0.0412. The second kappa shape index (κ2) is 6.44. The Labute approximate surface area is 146 Å². The molecule has 0 radical (unpaired) electrons. The predicted octanol–water partition coefficient (Wildman–Crippen LogP) is 4.76. The van der Waals surface area contributed by atoms with Gasteiger partial charge < -0.3 is 0 Å². The summed E-state index contributed by atoms with van der Waals surface area (Å²) in [5.41, 5.74) is 5.33. The first kappa shape index (κ1) is 15.0. The highest BCUT2D eigenvalue weighted by atomic mass is 127. The Bertz CT molecular complexity index is 783. The number of hydrogen-bond acceptors (Lipinski definition) is 2. The van der Waals surface area contributed by atoms with E-state index in [0.29, 0.717) is 0 Å². The van der Waals surface area contributed by atoms with Crippen molar-refractivity contribution in [3.8, 4) is 0 Å². The molecule has 4 heteroatoms. The maximum absolute atomic E-state index is 5.88. The molecular weight excluding hydrogens is 439 g/mol. The lowest BCUT2D eigenvalue weighted by molar-refractivity contribution is 0.638. The summed E-state index contributed by atoms with van der Waals surface area (Å²) in [6.07, 6.45) is 0. The molecule has 0 aliphatic carbocycles. The Morgan fingerprint density at radius 3 is 2.52 bits per heavy atom. The van der Waals surface area contributed by atoms with E-state index >= 15 is 0 Å². The second-order valence-corrected chi connectivity index (χ2v) is 6.91. The minimum Gasteiger partial charge on any atom is -0.271 e. The summed E-state index contributed by atoms with van der Waals surface area (Å²) >= 11 is 5.89. The number of hydrogen-bond donors (Lipinski definition) is 2. The van der Waals surface area contributed by atoms with Crippen LogP contribution < -0.4 is 11.3 Å². The fraction of sp³-hybridized carbons (Fsp3) is 0.0588. The molecule has 0 aliphatic rings. The molecule has 0 aromatic heterocycles. The molecule has 0 fully saturated rings. The van der Waals surface area contributed by atoms with Gasteiger partial charge in [0, 0.05) is 8.04 Å². The van der Waals surface area contributed by atoms with E-state index in [4.69, 9.17) is 5.84 Å². The zero-order valence-corrected chi connectivity index (χ0v) is 14.9. The number of nitrogens with one attached hydrogen (secondary N) is 1. The van der Waals surface area contributed by atoms with E-state index < -0.39 is 0 Å². The van der Waals surface area contributed by atoms with Crippen LogP contribution in [0.3, 0.4) is 0 Å². The molecule has 3 aromatic rings. The van der Waals surface area contributed by atoms with Crippen LogP contribution in [0.25, 0.3) is 10.8 Å². The number of hydrazine groups is 1. The number of halogens is 2. The first-order valence-corrected chi connectivity index (χ1v) is 8.46. The van der Waals surface area contributed by atoms with E-state index in [-0.39, 0.29) is 6.04 Å². The Kier molecular flexibility index (Phi) is 4.59. The van der Waals surface area contributed by atoms with E-state index in [9.17, 15) is 0 Å². The van der Waals surface area contributed by atoms with Crippen LogP contribution in [0.1, 0.15) is 17.2 Å². The summed E-state index contributed by atoms with van der Waals surface area (Å²) in [5.74, 6) is 5.88. The molecule has 0 aliphatic heterocycles. The van der Waals surface area contributed by atoms with Gasteiger partial charge in [0.15, 0.2) is 0 Å². The van der Waals surface area contributed by atoms with Gasteiger partial charge in [-0.15, -0.1) is 0 Å². The summed E-state index contributed by atoms with van der Waals surface area (Å²) in [6.45, 7) is 0. The maximum atomic E-state index is 5.88. The quantitative estimate of drug-likeness (QED) is 0.341. The number of rotatable bonds is 3. The molecule has 0 amide bonds. The highest BCUT2D eigenvalue weighted by Crippen LogP contribution is 2.32. The van der Waals surface area contributed by atoms with Crippen molar-refractivity contribution in [2.24, 2.45) is 5.84 Å². The Morgan fingerprint density at radius 2 is 1.71 bits per heavy atom. The summed E-state index contributed by atoms with van der Waals surface area (Å²) in [7, 11) is 0. The molecule has 21 heavy (non-hydrogen) atoms. The van der Waals surface area contributed by atoms with Crippen molar-refractivity contribution >= 4 is 49.3 Å². The van der Waals surface area contributed by atoms with Gasteiger partial charge in [0.25, 0.3) is 0 Å². The molecule has 0 saturated carbocycles. The van der Waals surface area contributed by atoms with Crippen molar-refractivity contribution in [1.29, 1.82) is 0 Å². The summed E-state index contributed by atoms with van der Waals surface area (Å²) in [5, 5.41) is 2.44. The van der Waals surface area contributed by atoms with Crippen LogP contribution >= 0.6 is 38.5 Å². The van der Waals surface area contributed by atoms with Gasteiger partial charge in [-0.2, -0.15) is 0 Å². The van der Waals surface area contributed by atoms with Crippen LogP contribution in [0.2, 0.25) is 0 Å². The Morgan fingerprint density at radius 1 is 0.952 bits per heavy atom. The molecule has 1 unspecified atom stereocenters. The van der Waals surface area contributed by atoms with E-state index in [0.717, 1.165) is 4.47 Å². The van der Waals surface area contributed by atoms with Crippen molar-refractivity contribution in [3.63, 3.8) is 0 Å². The van der Waals surface area contributed by atoms with Crippen molar-refractivity contribution in [2.45, 2.75) is 6.04 Å². The molecule has 3 aromatic carbocycles. The van der Waals surface area contributed by atoms with Gasteiger partial charge in [0.1, 0.15) is 0 Å². The maximum Gasteiger partial charge on any atom is 0.0726 e. The van der Waals surface area contributed by atoms with E-state index in [2.05, 4.69) is 98.5 Å². The zero-order valence-electron chi connectivity index (χ0n) is 11.2. The summed E-state index contributed by atoms with van der Waals surface area (Å²) < 4.78 is 2.24. The molecule has 0 saturated heterocycles. The molecular formula is C17H14BrIN2. The van der Waals surface area contributed by atoms with Gasteiger partial charge in [-0.25, -0.2) is 5.43 Å². The van der Waals surface area contributed by atoms with Gasteiger partial charge in [0.2, 0.25) is 0 Å². The van der Waals surface area contributed by atoms with Gasteiger partial charge in [-0.05, 0) is 62.7 Å². The topological polar surface area (TPSA) is 38.0 Å². The molecule has 0 heterocycles. The lowest BCUT2D eigenvalue weighted by Crippen LogP contribution is -2.29. The van der Waals surface area contributed by atoms with Crippen LogP contribution in [-0.2, 0) is 0 Å². The third kappa shape index (κ3) is 2.99. The van der Waals surface area contributed by atoms with Crippen LogP contribution in [0, 0.1) is 3.57 Å². The van der Waals surface area contributed by atoms with Gasteiger partial charge in [0.05, 0.1) is 6.04 Å². The van der Waals surface area contributed by atoms with Crippen LogP contribution in [0.4, 0.5) is 0 Å². The molecule has 0 bridgehead atoms. The Hall–Kier alpha value is -0.950. The highest BCUT2D eigenvalue weighted by molar-refractivity contribution is 14.1. The zero-order chi connectivity index (χ0) is 14.8. The minimum absolute atomic E-state index is 0.0412. The average molecular weight is 453 g/mol. The standard InChI is InChI=1S/C17H14BrIN2/c18-12-8-9-16(19)15(10-12)17(21-20)14-7-3-5-11-4-1-2-6-13(11)14/h1-10,17,21H,20H2. The lowest BCUT2D eigenvalue weighted by atomic mass is 9.94. The SMILES string of the molecule is NNC(c1cc(Br)ccc1I)c1cccc2ccccc12. The monoisotopic (exact) mass is 452 g/mol. The van der Waals surface area contributed by atoms with E-state index in [1.165, 1.54) is 25.5 Å². The van der Waals surface area contributed by atoms with Crippen LogP contribution in [0.5, 0.6) is 0 Å². The van der Waals surface area contributed by atoms with Crippen LogP contribution in [0.15, 0.2) is 65.1 Å². The summed E-state index contributed by atoms with van der Waals surface area (Å²) in [6, 6.07) is 20.9. The molecule has 0 spiro atoms. The third-order valence-corrected chi connectivity index (χ3v) is 5.05. The molecule has 2 nitrogen and oxygen atoms in total. The van der Waals surface area contributed by atoms with E-state index in [1.54, 1.807) is 0 Å². The largest absolute Gasteiger partial charge is 0.271 e. The first-order valence-electron chi connectivity index (χ1n) is 6.59. The molecule has 3 N–H and O–H groups in total.